The first-order valence-corrected chi connectivity index (χ1v) is 6.69. The van der Waals surface area contributed by atoms with Gasteiger partial charge in [-0.3, -0.25) is 10.1 Å². The molecule has 18 heavy (non-hydrogen) atoms. The first kappa shape index (κ1) is 12.9. The zero-order valence-corrected chi connectivity index (χ0v) is 11.1. The van der Waals surface area contributed by atoms with E-state index in [0.717, 1.165) is 18.8 Å². The normalized spacial score (nSPS) is 19.9. The molecule has 7 nitrogen and oxygen atoms in total. The molecule has 0 aliphatic carbocycles. The van der Waals surface area contributed by atoms with Crippen LogP contribution in [0.2, 0.25) is 0 Å². The number of hydrogen-bond donors (Lipinski definition) is 1. The summed E-state index contributed by atoms with van der Waals surface area (Å²) >= 11 is 1.85. The third-order valence-corrected chi connectivity index (χ3v) is 3.92. The minimum absolute atomic E-state index is 0.0386. The van der Waals surface area contributed by atoms with Gasteiger partial charge >= 0.3 is 5.69 Å². The molecule has 0 amide bonds. The van der Waals surface area contributed by atoms with Crippen molar-refractivity contribution in [3.8, 4) is 0 Å². The van der Waals surface area contributed by atoms with E-state index in [1.807, 2.05) is 16.7 Å². The molecular formula is C10H15N5O2S. The fourth-order valence-electron chi connectivity index (χ4n) is 2.02. The summed E-state index contributed by atoms with van der Waals surface area (Å²) < 4.78 is 0. The van der Waals surface area contributed by atoms with Gasteiger partial charge in [-0.1, -0.05) is 6.92 Å². The average molecular weight is 269 g/mol. The number of aryl methyl sites for hydroxylation is 1. The molecular weight excluding hydrogens is 254 g/mol. The van der Waals surface area contributed by atoms with Crippen LogP contribution < -0.4 is 10.6 Å². The van der Waals surface area contributed by atoms with Crippen LogP contribution in [0.15, 0.2) is 0 Å². The van der Waals surface area contributed by atoms with E-state index >= 15 is 0 Å². The Balaban J connectivity index is 2.44. The van der Waals surface area contributed by atoms with Gasteiger partial charge in [-0.05, 0) is 6.92 Å². The minimum Gasteiger partial charge on any atom is -0.368 e. The molecule has 1 aliphatic heterocycles. The lowest BCUT2D eigenvalue weighted by atomic mass is 10.3. The SMILES string of the molecule is Cc1nc(N)nc(N2CCSC(C)C2)c1[N+](=O)[O-]. The summed E-state index contributed by atoms with van der Waals surface area (Å²) in [5.41, 5.74) is 5.87. The molecule has 0 spiro atoms. The smallest absolute Gasteiger partial charge is 0.332 e. The van der Waals surface area contributed by atoms with Gasteiger partial charge in [0.2, 0.25) is 11.8 Å². The third kappa shape index (κ3) is 2.47. The van der Waals surface area contributed by atoms with Crippen molar-refractivity contribution in [3.05, 3.63) is 15.8 Å². The van der Waals surface area contributed by atoms with Gasteiger partial charge in [0.05, 0.1) is 4.92 Å². The van der Waals surface area contributed by atoms with Crippen LogP contribution >= 0.6 is 11.8 Å². The second kappa shape index (κ2) is 4.97. The Labute approximate surface area is 109 Å². The summed E-state index contributed by atoms with van der Waals surface area (Å²) in [4.78, 5) is 20.5. The fraction of sp³-hybridized carbons (Fsp3) is 0.600. The van der Waals surface area contributed by atoms with Gasteiger partial charge in [0, 0.05) is 24.1 Å². The number of thioether (sulfide) groups is 1. The Morgan fingerprint density at radius 2 is 2.28 bits per heavy atom. The number of anilines is 2. The van der Waals surface area contributed by atoms with Crippen LogP contribution in [0, 0.1) is 17.0 Å². The predicted octanol–water partition coefficient (Wildman–Crippen LogP) is 1.22. The van der Waals surface area contributed by atoms with Crippen molar-refractivity contribution in [1.82, 2.24) is 9.97 Å². The van der Waals surface area contributed by atoms with Crippen molar-refractivity contribution < 1.29 is 4.92 Å². The largest absolute Gasteiger partial charge is 0.368 e. The number of hydrogen-bond acceptors (Lipinski definition) is 7. The summed E-state index contributed by atoms with van der Waals surface area (Å²) in [6.45, 7) is 5.16. The highest BCUT2D eigenvalue weighted by Crippen LogP contribution is 2.32. The summed E-state index contributed by atoms with van der Waals surface area (Å²) in [5.74, 6) is 1.36. The van der Waals surface area contributed by atoms with Gasteiger partial charge in [0.1, 0.15) is 5.69 Å². The molecule has 8 heteroatoms. The molecule has 2 rings (SSSR count). The van der Waals surface area contributed by atoms with Gasteiger partial charge in [-0.25, -0.2) is 4.98 Å². The molecule has 0 saturated carbocycles. The number of nitrogens with zero attached hydrogens (tertiary/aromatic N) is 4. The van der Waals surface area contributed by atoms with E-state index in [4.69, 9.17) is 5.73 Å². The summed E-state index contributed by atoms with van der Waals surface area (Å²) in [7, 11) is 0. The van der Waals surface area contributed by atoms with Crippen LogP contribution in [0.4, 0.5) is 17.5 Å². The van der Waals surface area contributed by atoms with Crippen LogP contribution in [0.5, 0.6) is 0 Å². The van der Waals surface area contributed by atoms with Crippen molar-refractivity contribution in [2.24, 2.45) is 0 Å². The molecule has 0 bridgehead atoms. The van der Waals surface area contributed by atoms with E-state index in [2.05, 4.69) is 16.9 Å². The topological polar surface area (TPSA) is 98.2 Å². The van der Waals surface area contributed by atoms with Gasteiger partial charge in [-0.2, -0.15) is 16.7 Å². The zero-order valence-electron chi connectivity index (χ0n) is 10.3. The standard InChI is InChI=1S/C10H15N5O2S/c1-6-5-14(3-4-18-6)9-8(15(16)17)7(2)12-10(11)13-9/h6H,3-5H2,1-2H3,(H2,11,12,13). The Kier molecular flexibility index (Phi) is 3.55. The molecule has 1 atom stereocenters. The van der Waals surface area contributed by atoms with Gasteiger partial charge in [0.25, 0.3) is 0 Å². The highest BCUT2D eigenvalue weighted by Gasteiger charge is 2.28. The molecule has 1 fully saturated rings. The Bertz CT molecular complexity index is 482. The Morgan fingerprint density at radius 3 is 2.89 bits per heavy atom. The molecule has 2 heterocycles. The van der Waals surface area contributed by atoms with E-state index in [0.29, 0.717) is 16.8 Å². The first-order chi connectivity index (χ1) is 8.49. The average Bonchev–Trinajstić information content (AvgIpc) is 2.27. The second-order valence-corrected chi connectivity index (χ2v) is 5.77. The fourth-order valence-corrected chi connectivity index (χ4v) is 3.03. The zero-order chi connectivity index (χ0) is 13.3. The Morgan fingerprint density at radius 1 is 1.56 bits per heavy atom. The van der Waals surface area contributed by atoms with E-state index in [1.54, 1.807) is 6.92 Å². The molecule has 1 aromatic rings. The maximum atomic E-state index is 11.1. The van der Waals surface area contributed by atoms with Gasteiger partial charge < -0.3 is 10.6 Å². The van der Waals surface area contributed by atoms with E-state index in [9.17, 15) is 10.1 Å². The van der Waals surface area contributed by atoms with Crippen LogP contribution in [0.25, 0.3) is 0 Å². The molecule has 0 aromatic carbocycles. The van der Waals surface area contributed by atoms with Crippen molar-refractivity contribution >= 4 is 29.2 Å². The van der Waals surface area contributed by atoms with Crippen LogP contribution in [-0.4, -0.2) is 39.0 Å². The molecule has 0 radical (unpaired) electrons. The van der Waals surface area contributed by atoms with E-state index in [1.165, 1.54) is 0 Å². The third-order valence-electron chi connectivity index (χ3n) is 2.78. The number of nitro groups is 1. The van der Waals surface area contributed by atoms with Gasteiger partial charge in [-0.15, -0.1) is 0 Å². The molecule has 1 saturated heterocycles. The first-order valence-electron chi connectivity index (χ1n) is 5.64. The lowest BCUT2D eigenvalue weighted by Crippen LogP contribution is -2.37. The highest BCUT2D eigenvalue weighted by molar-refractivity contribution is 8.00. The Hall–Kier alpha value is -1.57. The summed E-state index contributed by atoms with van der Waals surface area (Å²) in [5, 5.41) is 11.6. The van der Waals surface area contributed by atoms with Crippen molar-refractivity contribution in [2.75, 3.05) is 29.5 Å². The summed E-state index contributed by atoms with van der Waals surface area (Å²) in [6, 6.07) is 0. The van der Waals surface area contributed by atoms with Crippen LogP contribution in [0.3, 0.4) is 0 Å². The van der Waals surface area contributed by atoms with Crippen LogP contribution in [0.1, 0.15) is 12.6 Å². The predicted molar refractivity (Wildman–Crippen MR) is 72.0 cm³/mol. The maximum Gasteiger partial charge on any atom is 0.332 e. The van der Waals surface area contributed by atoms with Crippen molar-refractivity contribution in [1.29, 1.82) is 0 Å². The summed E-state index contributed by atoms with van der Waals surface area (Å²) in [6.07, 6.45) is 0. The number of nitrogens with two attached hydrogens (primary N) is 1. The number of aromatic nitrogens is 2. The van der Waals surface area contributed by atoms with Crippen molar-refractivity contribution in [3.63, 3.8) is 0 Å². The molecule has 1 unspecified atom stereocenters. The number of rotatable bonds is 2. The quantitative estimate of drug-likeness (QED) is 0.636. The molecule has 1 aliphatic rings. The highest BCUT2D eigenvalue weighted by atomic mass is 32.2. The van der Waals surface area contributed by atoms with Gasteiger partial charge in [0.15, 0.2) is 0 Å². The molecule has 1 aromatic heterocycles. The lowest BCUT2D eigenvalue weighted by molar-refractivity contribution is -0.385. The molecule has 98 valence electrons. The number of nitrogen functional groups attached to an aromatic ring is 1. The van der Waals surface area contributed by atoms with E-state index < -0.39 is 4.92 Å². The maximum absolute atomic E-state index is 11.1. The minimum atomic E-state index is -0.434. The van der Waals surface area contributed by atoms with E-state index in [-0.39, 0.29) is 11.6 Å². The van der Waals surface area contributed by atoms with Crippen molar-refractivity contribution in [2.45, 2.75) is 19.1 Å². The second-order valence-electron chi connectivity index (χ2n) is 4.22. The van der Waals surface area contributed by atoms with Crippen LogP contribution in [-0.2, 0) is 0 Å². The lowest BCUT2D eigenvalue weighted by Gasteiger charge is -2.31. The monoisotopic (exact) mass is 269 g/mol. The molecule has 2 N–H and O–H groups in total.